The minimum absolute atomic E-state index is 0.0918. The maximum absolute atomic E-state index is 12.6. The van der Waals surface area contributed by atoms with E-state index in [9.17, 15) is 24.3 Å². The zero-order valence-electron chi connectivity index (χ0n) is 15.1. The molecule has 11 heteroatoms. The standard InChI is InChI=1S/C15H28N4O6S/c1-4-7(2)11(18-13(23)9(16)6-26)15(25)19-12(8(3)20)14(24)17-5-10(21)22/h7-9,11-12,20,26H,4-6,16H2,1-3H3,(H,17,24)(H,18,23)(H,19,25)(H,21,22). The summed E-state index contributed by atoms with van der Waals surface area (Å²) in [6.07, 6.45) is -0.723. The molecule has 0 aromatic carbocycles. The van der Waals surface area contributed by atoms with E-state index in [1.54, 1.807) is 6.92 Å². The molecule has 0 radical (unpaired) electrons. The molecule has 5 unspecified atom stereocenters. The number of nitrogens with one attached hydrogen (secondary N) is 3. The predicted octanol–water partition coefficient (Wildman–Crippen LogP) is -2.16. The fraction of sp³-hybridized carbons (Fsp3) is 0.733. The van der Waals surface area contributed by atoms with Crippen molar-refractivity contribution in [1.29, 1.82) is 0 Å². The SMILES string of the molecule is CCC(C)C(NC(=O)C(N)CS)C(=O)NC(C(=O)NCC(=O)O)C(C)O. The first-order valence-electron chi connectivity index (χ1n) is 8.19. The van der Waals surface area contributed by atoms with Crippen LogP contribution < -0.4 is 21.7 Å². The van der Waals surface area contributed by atoms with E-state index in [1.807, 2.05) is 6.92 Å². The van der Waals surface area contributed by atoms with E-state index in [0.29, 0.717) is 6.42 Å². The second-order valence-electron chi connectivity index (χ2n) is 6.00. The molecule has 3 amide bonds. The third-order valence-electron chi connectivity index (χ3n) is 3.80. The van der Waals surface area contributed by atoms with Gasteiger partial charge in [-0.1, -0.05) is 20.3 Å². The van der Waals surface area contributed by atoms with E-state index in [-0.39, 0.29) is 11.7 Å². The quantitative estimate of drug-likeness (QED) is 0.196. The van der Waals surface area contributed by atoms with Crippen LogP contribution in [0.5, 0.6) is 0 Å². The monoisotopic (exact) mass is 392 g/mol. The number of carboxylic acid groups (broad SMARTS) is 1. The van der Waals surface area contributed by atoms with Crippen molar-refractivity contribution in [3.63, 3.8) is 0 Å². The number of rotatable bonds is 11. The molecular weight excluding hydrogens is 364 g/mol. The number of hydrogen-bond donors (Lipinski definition) is 7. The molecule has 5 atom stereocenters. The Balaban J connectivity index is 5.19. The summed E-state index contributed by atoms with van der Waals surface area (Å²) in [5, 5.41) is 25.3. The number of thiol groups is 1. The Kier molecular flexibility index (Phi) is 10.9. The number of carbonyl (C=O) groups is 4. The highest BCUT2D eigenvalue weighted by Gasteiger charge is 2.32. The van der Waals surface area contributed by atoms with E-state index < -0.39 is 54.5 Å². The van der Waals surface area contributed by atoms with Gasteiger partial charge in [0.2, 0.25) is 17.7 Å². The first-order chi connectivity index (χ1) is 12.0. The molecule has 0 aromatic rings. The van der Waals surface area contributed by atoms with Gasteiger partial charge in [-0.2, -0.15) is 12.6 Å². The summed E-state index contributed by atoms with van der Waals surface area (Å²) >= 11 is 3.93. The Hall–Kier alpha value is -1.85. The summed E-state index contributed by atoms with van der Waals surface area (Å²) in [4.78, 5) is 47.1. The molecule has 150 valence electrons. The Labute approximate surface area is 157 Å². The van der Waals surface area contributed by atoms with Gasteiger partial charge in [-0.05, 0) is 12.8 Å². The highest BCUT2D eigenvalue weighted by molar-refractivity contribution is 7.80. The topological polar surface area (TPSA) is 171 Å². The van der Waals surface area contributed by atoms with Gasteiger partial charge in [-0.25, -0.2) is 0 Å². The van der Waals surface area contributed by atoms with E-state index in [1.165, 1.54) is 6.92 Å². The van der Waals surface area contributed by atoms with Crippen molar-refractivity contribution in [1.82, 2.24) is 16.0 Å². The Morgan fingerprint density at radius 1 is 1.04 bits per heavy atom. The molecule has 0 bridgehead atoms. The van der Waals surface area contributed by atoms with Gasteiger partial charge in [0.15, 0.2) is 0 Å². The molecule has 0 aliphatic rings. The second kappa shape index (κ2) is 11.7. The van der Waals surface area contributed by atoms with Gasteiger partial charge in [0.1, 0.15) is 18.6 Å². The Bertz CT molecular complexity index is 516. The number of carbonyl (C=O) groups excluding carboxylic acids is 3. The first-order valence-corrected chi connectivity index (χ1v) is 8.83. The maximum Gasteiger partial charge on any atom is 0.322 e. The van der Waals surface area contributed by atoms with Crippen LogP contribution in [0.2, 0.25) is 0 Å². The van der Waals surface area contributed by atoms with Gasteiger partial charge in [0, 0.05) is 5.75 Å². The van der Waals surface area contributed by atoms with Gasteiger partial charge in [-0.3, -0.25) is 19.2 Å². The number of aliphatic carboxylic acids is 1. The smallest absolute Gasteiger partial charge is 0.322 e. The van der Waals surface area contributed by atoms with E-state index in [2.05, 4.69) is 28.6 Å². The van der Waals surface area contributed by atoms with Gasteiger partial charge in [0.05, 0.1) is 12.1 Å². The summed E-state index contributed by atoms with van der Waals surface area (Å²) in [7, 11) is 0. The number of amides is 3. The summed E-state index contributed by atoms with van der Waals surface area (Å²) in [5.74, 6) is -3.55. The van der Waals surface area contributed by atoms with E-state index in [0.717, 1.165) is 0 Å². The molecule has 10 nitrogen and oxygen atoms in total. The molecule has 0 saturated heterocycles. The van der Waals surface area contributed by atoms with Crippen LogP contribution in [0.15, 0.2) is 0 Å². The summed E-state index contributed by atoms with van der Waals surface area (Å²) < 4.78 is 0. The Morgan fingerprint density at radius 3 is 2.00 bits per heavy atom. The summed E-state index contributed by atoms with van der Waals surface area (Å²) in [6.45, 7) is 4.18. The van der Waals surface area contributed by atoms with Gasteiger partial charge < -0.3 is 31.9 Å². The average Bonchev–Trinajstić information content (AvgIpc) is 2.59. The minimum atomic E-state index is -1.37. The van der Waals surface area contributed by atoms with Crippen LogP contribution in [0.25, 0.3) is 0 Å². The molecule has 0 saturated carbocycles. The lowest BCUT2D eigenvalue weighted by Crippen LogP contribution is -2.60. The van der Waals surface area contributed by atoms with Crippen molar-refractivity contribution >= 4 is 36.3 Å². The van der Waals surface area contributed by atoms with Crippen LogP contribution in [0.4, 0.5) is 0 Å². The van der Waals surface area contributed by atoms with Crippen molar-refractivity contribution in [2.75, 3.05) is 12.3 Å². The normalized spacial score (nSPS) is 16.5. The van der Waals surface area contributed by atoms with Crippen LogP contribution >= 0.6 is 12.6 Å². The molecule has 0 spiro atoms. The number of aliphatic hydroxyl groups excluding tert-OH is 1. The van der Waals surface area contributed by atoms with Crippen LogP contribution in [-0.2, 0) is 19.2 Å². The van der Waals surface area contributed by atoms with Gasteiger partial charge in [-0.15, -0.1) is 0 Å². The molecule has 0 heterocycles. The number of carboxylic acids is 1. The van der Waals surface area contributed by atoms with Crippen LogP contribution in [0.3, 0.4) is 0 Å². The zero-order valence-corrected chi connectivity index (χ0v) is 16.0. The lowest BCUT2D eigenvalue weighted by Gasteiger charge is -2.28. The van der Waals surface area contributed by atoms with Gasteiger partial charge >= 0.3 is 5.97 Å². The molecule has 0 fully saturated rings. The molecular formula is C15H28N4O6S. The number of nitrogens with two attached hydrogens (primary N) is 1. The van der Waals surface area contributed by atoms with Crippen molar-refractivity contribution < 1.29 is 29.4 Å². The molecule has 0 rings (SSSR count). The van der Waals surface area contributed by atoms with Crippen molar-refractivity contribution in [3.8, 4) is 0 Å². The largest absolute Gasteiger partial charge is 0.480 e. The van der Waals surface area contributed by atoms with Crippen LogP contribution in [-0.4, -0.2) is 70.4 Å². The third kappa shape index (κ3) is 8.02. The zero-order chi connectivity index (χ0) is 20.4. The Morgan fingerprint density at radius 2 is 1.58 bits per heavy atom. The van der Waals surface area contributed by atoms with E-state index >= 15 is 0 Å². The molecule has 0 aromatic heterocycles. The molecule has 26 heavy (non-hydrogen) atoms. The summed E-state index contributed by atoms with van der Waals surface area (Å²) in [6, 6.07) is -3.25. The second-order valence-corrected chi connectivity index (χ2v) is 6.36. The number of aliphatic hydroxyl groups is 1. The summed E-state index contributed by atoms with van der Waals surface area (Å²) in [5.41, 5.74) is 5.59. The van der Waals surface area contributed by atoms with Crippen LogP contribution in [0.1, 0.15) is 27.2 Å². The highest BCUT2D eigenvalue weighted by Crippen LogP contribution is 2.09. The van der Waals surface area contributed by atoms with Crippen molar-refractivity contribution in [2.45, 2.75) is 51.4 Å². The molecule has 0 aliphatic heterocycles. The van der Waals surface area contributed by atoms with Crippen LogP contribution in [0, 0.1) is 5.92 Å². The first kappa shape index (κ1) is 24.1. The average molecular weight is 392 g/mol. The van der Waals surface area contributed by atoms with E-state index in [4.69, 9.17) is 10.8 Å². The van der Waals surface area contributed by atoms with Crippen molar-refractivity contribution in [3.05, 3.63) is 0 Å². The lowest BCUT2D eigenvalue weighted by molar-refractivity contribution is -0.139. The fourth-order valence-corrected chi connectivity index (χ4v) is 2.13. The fourth-order valence-electron chi connectivity index (χ4n) is 1.97. The predicted molar refractivity (Wildman–Crippen MR) is 97.5 cm³/mol. The number of hydrogen-bond acceptors (Lipinski definition) is 7. The highest BCUT2D eigenvalue weighted by atomic mass is 32.1. The maximum atomic E-state index is 12.6. The minimum Gasteiger partial charge on any atom is -0.480 e. The third-order valence-corrected chi connectivity index (χ3v) is 4.20. The molecule has 0 aliphatic carbocycles. The van der Waals surface area contributed by atoms with Gasteiger partial charge in [0.25, 0.3) is 0 Å². The van der Waals surface area contributed by atoms with Crippen molar-refractivity contribution in [2.24, 2.45) is 11.7 Å². The molecule has 7 N–H and O–H groups in total. The lowest BCUT2D eigenvalue weighted by atomic mass is 9.97.